The van der Waals surface area contributed by atoms with Gasteiger partial charge in [0.05, 0.1) is 21.8 Å². The summed E-state index contributed by atoms with van der Waals surface area (Å²) in [4.78, 5) is 4.36. The summed E-state index contributed by atoms with van der Waals surface area (Å²) < 4.78 is 1.16. The van der Waals surface area contributed by atoms with E-state index in [9.17, 15) is 0 Å². The standard InChI is InChI=1S/C12H6N2S/c13-6-8-1-2-11-10(5-8)9-3-4-15-12(9)7-14-11/h1-5,7H. The Hall–Kier alpha value is -1.92. The van der Waals surface area contributed by atoms with Crippen molar-refractivity contribution in [3.8, 4) is 6.07 Å². The summed E-state index contributed by atoms with van der Waals surface area (Å²) in [6, 6.07) is 9.82. The Labute approximate surface area is 90.4 Å². The van der Waals surface area contributed by atoms with Gasteiger partial charge >= 0.3 is 0 Å². The van der Waals surface area contributed by atoms with E-state index in [4.69, 9.17) is 5.26 Å². The van der Waals surface area contributed by atoms with Crippen molar-refractivity contribution in [3.05, 3.63) is 41.4 Å². The molecule has 0 aliphatic heterocycles. The van der Waals surface area contributed by atoms with Crippen LogP contribution in [-0.2, 0) is 0 Å². The Morgan fingerprint density at radius 3 is 3.00 bits per heavy atom. The van der Waals surface area contributed by atoms with E-state index in [1.165, 1.54) is 5.39 Å². The number of aromatic nitrogens is 1. The van der Waals surface area contributed by atoms with Gasteiger partial charge in [0.1, 0.15) is 0 Å². The molecule has 70 valence electrons. The van der Waals surface area contributed by atoms with E-state index < -0.39 is 0 Å². The maximum absolute atomic E-state index is 8.85. The van der Waals surface area contributed by atoms with Crippen molar-refractivity contribution in [1.82, 2.24) is 4.98 Å². The fourth-order valence-electron chi connectivity index (χ4n) is 1.71. The Morgan fingerprint density at radius 1 is 1.20 bits per heavy atom. The molecule has 3 rings (SSSR count). The minimum atomic E-state index is 0.683. The van der Waals surface area contributed by atoms with Crippen LogP contribution in [0.2, 0.25) is 0 Å². The van der Waals surface area contributed by atoms with Gasteiger partial charge in [-0.2, -0.15) is 5.26 Å². The van der Waals surface area contributed by atoms with Gasteiger partial charge in [0, 0.05) is 17.0 Å². The molecule has 0 saturated heterocycles. The fourth-order valence-corrected chi connectivity index (χ4v) is 2.47. The van der Waals surface area contributed by atoms with Crippen LogP contribution in [0.3, 0.4) is 0 Å². The molecule has 0 amide bonds. The van der Waals surface area contributed by atoms with Crippen molar-refractivity contribution < 1.29 is 0 Å². The second-order valence-electron chi connectivity index (χ2n) is 3.30. The molecule has 15 heavy (non-hydrogen) atoms. The molecular weight excluding hydrogens is 204 g/mol. The van der Waals surface area contributed by atoms with Crippen LogP contribution >= 0.6 is 11.3 Å². The quantitative estimate of drug-likeness (QED) is 0.570. The van der Waals surface area contributed by atoms with Gasteiger partial charge in [0.15, 0.2) is 0 Å². The number of nitriles is 1. The molecule has 0 N–H and O–H groups in total. The van der Waals surface area contributed by atoms with Crippen molar-refractivity contribution in [1.29, 1.82) is 5.26 Å². The Balaban J connectivity index is 2.54. The Kier molecular flexibility index (Phi) is 1.70. The third-order valence-corrected chi connectivity index (χ3v) is 3.28. The van der Waals surface area contributed by atoms with Crippen LogP contribution in [0.4, 0.5) is 0 Å². The SMILES string of the molecule is N#Cc1ccc2ncc3sccc3c2c1. The highest BCUT2D eigenvalue weighted by atomic mass is 32.1. The number of pyridine rings is 1. The number of thiophene rings is 1. The highest BCUT2D eigenvalue weighted by molar-refractivity contribution is 7.17. The lowest BCUT2D eigenvalue weighted by molar-refractivity contribution is 1.44. The number of benzene rings is 1. The molecule has 0 aliphatic rings. The van der Waals surface area contributed by atoms with Gasteiger partial charge < -0.3 is 0 Å². The first-order valence-electron chi connectivity index (χ1n) is 4.54. The summed E-state index contributed by atoms with van der Waals surface area (Å²) in [5, 5.41) is 13.1. The van der Waals surface area contributed by atoms with Crippen LogP contribution in [0.15, 0.2) is 35.8 Å². The summed E-state index contributed by atoms with van der Waals surface area (Å²) >= 11 is 1.67. The zero-order valence-electron chi connectivity index (χ0n) is 7.77. The Morgan fingerprint density at radius 2 is 2.13 bits per heavy atom. The molecule has 2 nitrogen and oxygen atoms in total. The first-order valence-corrected chi connectivity index (χ1v) is 5.42. The van der Waals surface area contributed by atoms with E-state index in [0.29, 0.717) is 5.56 Å². The van der Waals surface area contributed by atoms with Gasteiger partial charge in [0.2, 0.25) is 0 Å². The van der Waals surface area contributed by atoms with E-state index >= 15 is 0 Å². The van der Waals surface area contributed by atoms with Crippen molar-refractivity contribution >= 4 is 32.3 Å². The second kappa shape index (κ2) is 3.04. The highest BCUT2D eigenvalue weighted by Crippen LogP contribution is 2.27. The molecule has 0 fully saturated rings. The van der Waals surface area contributed by atoms with Crippen LogP contribution in [0.25, 0.3) is 21.0 Å². The number of nitrogens with zero attached hydrogens (tertiary/aromatic N) is 2. The van der Waals surface area contributed by atoms with E-state index in [1.54, 1.807) is 17.4 Å². The average Bonchev–Trinajstić information content (AvgIpc) is 2.76. The molecule has 0 aliphatic carbocycles. The molecule has 1 aromatic carbocycles. The highest BCUT2D eigenvalue weighted by Gasteiger charge is 2.03. The second-order valence-corrected chi connectivity index (χ2v) is 4.25. The zero-order valence-corrected chi connectivity index (χ0v) is 8.58. The third-order valence-electron chi connectivity index (χ3n) is 2.43. The van der Waals surface area contributed by atoms with Crippen LogP contribution in [-0.4, -0.2) is 4.98 Å². The van der Waals surface area contributed by atoms with Crippen LogP contribution in [0, 0.1) is 11.3 Å². The molecule has 0 saturated carbocycles. The molecular formula is C12H6N2S. The van der Waals surface area contributed by atoms with Gasteiger partial charge in [-0.3, -0.25) is 4.98 Å². The van der Waals surface area contributed by atoms with Gasteiger partial charge in [-0.1, -0.05) is 0 Å². The number of hydrogen-bond acceptors (Lipinski definition) is 3. The van der Waals surface area contributed by atoms with Gasteiger partial charge in [-0.05, 0) is 29.6 Å². The predicted octanol–water partition coefficient (Wildman–Crippen LogP) is 3.32. The number of fused-ring (bicyclic) bond motifs is 3. The van der Waals surface area contributed by atoms with Gasteiger partial charge in [-0.15, -0.1) is 11.3 Å². The summed E-state index contributed by atoms with van der Waals surface area (Å²) in [6.07, 6.45) is 1.88. The summed E-state index contributed by atoms with van der Waals surface area (Å²) in [5.74, 6) is 0. The van der Waals surface area contributed by atoms with Crippen molar-refractivity contribution in [3.63, 3.8) is 0 Å². The maximum atomic E-state index is 8.85. The molecule has 0 bridgehead atoms. The van der Waals surface area contributed by atoms with Crippen molar-refractivity contribution in [2.24, 2.45) is 0 Å². The Bertz CT molecular complexity index is 691. The van der Waals surface area contributed by atoms with Gasteiger partial charge in [-0.25, -0.2) is 0 Å². The van der Waals surface area contributed by atoms with E-state index in [-0.39, 0.29) is 0 Å². The fraction of sp³-hybridized carbons (Fsp3) is 0. The first kappa shape index (κ1) is 8.39. The number of rotatable bonds is 0. The molecule has 0 atom stereocenters. The average molecular weight is 210 g/mol. The lowest BCUT2D eigenvalue weighted by Crippen LogP contribution is -1.80. The molecule has 3 aromatic rings. The molecule has 0 spiro atoms. The van der Waals surface area contributed by atoms with Crippen LogP contribution < -0.4 is 0 Å². The monoisotopic (exact) mass is 210 g/mol. The van der Waals surface area contributed by atoms with E-state index in [2.05, 4.69) is 17.1 Å². The normalized spacial score (nSPS) is 10.6. The summed E-state index contributed by atoms with van der Waals surface area (Å²) in [5.41, 5.74) is 1.63. The maximum Gasteiger partial charge on any atom is 0.0991 e. The minimum Gasteiger partial charge on any atom is -0.255 e. The van der Waals surface area contributed by atoms with Crippen LogP contribution in [0.1, 0.15) is 5.56 Å². The molecule has 2 heterocycles. The minimum absolute atomic E-state index is 0.683. The predicted molar refractivity (Wildman–Crippen MR) is 61.8 cm³/mol. The lowest BCUT2D eigenvalue weighted by Gasteiger charge is -1.98. The van der Waals surface area contributed by atoms with Crippen molar-refractivity contribution in [2.45, 2.75) is 0 Å². The van der Waals surface area contributed by atoms with Crippen LogP contribution in [0.5, 0.6) is 0 Å². The van der Waals surface area contributed by atoms with E-state index in [1.807, 2.05) is 23.7 Å². The molecule has 0 unspecified atom stereocenters. The van der Waals surface area contributed by atoms with Crippen molar-refractivity contribution in [2.75, 3.05) is 0 Å². The summed E-state index contributed by atoms with van der Waals surface area (Å²) in [7, 11) is 0. The van der Waals surface area contributed by atoms with E-state index in [0.717, 1.165) is 15.6 Å². The smallest absolute Gasteiger partial charge is 0.0991 e. The largest absolute Gasteiger partial charge is 0.255 e. The summed E-state index contributed by atoms with van der Waals surface area (Å²) in [6.45, 7) is 0. The molecule has 3 heteroatoms. The van der Waals surface area contributed by atoms with Gasteiger partial charge in [0.25, 0.3) is 0 Å². The zero-order chi connectivity index (χ0) is 10.3. The third kappa shape index (κ3) is 1.19. The first-order chi connectivity index (χ1) is 7.38. The molecule has 0 radical (unpaired) electrons. The number of hydrogen-bond donors (Lipinski definition) is 0. The molecule has 2 aromatic heterocycles. The lowest BCUT2D eigenvalue weighted by atomic mass is 10.1. The topological polar surface area (TPSA) is 36.7 Å².